The van der Waals surface area contributed by atoms with Gasteiger partial charge in [-0.2, -0.15) is 13.5 Å². The van der Waals surface area contributed by atoms with Crippen LogP contribution in [0.2, 0.25) is 0 Å². The third-order valence-corrected chi connectivity index (χ3v) is 13.2. The fourth-order valence-corrected chi connectivity index (χ4v) is 9.29. The van der Waals surface area contributed by atoms with Crippen molar-refractivity contribution in [2.75, 3.05) is 33.4 Å². The van der Waals surface area contributed by atoms with Crippen LogP contribution in [0.25, 0.3) is 21.3 Å². The Kier molecular flexibility index (Phi) is 15.8. The second kappa shape index (κ2) is 21.8. The summed E-state index contributed by atoms with van der Waals surface area (Å²) in [4.78, 5) is 45.9. The van der Waals surface area contributed by atoms with E-state index in [1.165, 1.54) is 36.1 Å². The maximum absolute atomic E-state index is 13.9. The summed E-state index contributed by atoms with van der Waals surface area (Å²) < 4.78 is 11.5. The van der Waals surface area contributed by atoms with Gasteiger partial charge in [-0.1, -0.05) is 97.1 Å². The van der Waals surface area contributed by atoms with Crippen LogP contribution in [0.5, 0.6) is 11.5 Å². The highest BCUT2D eigenvalue weighted by Crippen LogP contribution is 2.35. The zero-order valence-corrected chi connectivity index (χ0v) is 38.4. The lowest BCUT2D eigenvalue weighted by Crippen LogP contribution is -2.40. The fraction of sp³-hybridized carbons (Fsp3) is 0.250. The second-order valence-electron chi connectivity index (χ2n) is 16.4. The highest BCUT2D eigenvalue weighted by Gasteiger charge is 2.42. The number of nitrogens with one attached hydrogen (secondary N) is 3. The Bertz CT molecular complexity index is 2790. The van der Waals surface area contributed by atoms with Crippen LogP contribution in [0.15, 0.2) is 144 Å². The van der Waals surface area contributed by atoms with E-state index in [-0.39, 0.29) is 55.3 Å². The Morgan fingerprint density at radius 3 is 2.30 bits per heavy atom. The summed E-state index contributed by atoms with van der Waals surface area (Å²) >= 11 is 1.53. The molecule has 1 amide bonds. The molecule has 0 spiro atoms. The molecule has 2 atom stereocenters. The van der Waals surface area contributed by atoms with E-state index >= 15 is 0 Å². The molecule has 66 heavy (non-hydrogen) atoms. The third kappa shape index (κ3) is 11.0. The summed E-state index contributed by atoms with van der Waals surface area (Å²) in [5.41, 5.74) is 2.72. The van der Waals surface area contributed by atoms with Crippen LogP contribution in [0.1, 0.15) is 62.0 Å². The molecule has 12 nitrogen and oxygen atoms in total. The number of aromatic hydroxyl groups is 1. The number of hydrogen-bond acceptors (Lipinski definition) is 11. The predicted molar refractivity (Wildman–Crippen MR) is 262 cm³/mol. The molecule has 1 fully saturated rings. The van der Waals surface area contributed by atoms with Crippen LogP contribution in [-0.4, -0.2) is 70.4 Å². The average Bonchev–Trinajstić information content (AvgIpc) is 3.83. The number of ether oxygens (including phenoxy) is 2. The van der Waals surface area contributed by atoms with Gasteiger partial charge in [-0.05, 0) is 96.1 Å². The van der Waals surface area contributed by atoms with Gasteiger partial charge < -0.3 is 40.4 Å². The molecule has 6 N–H and O–H groups in total. The Balaban J connectivity index is 0.00000648. The number of thiophene rings is 1. The van der Waals surface area contributed by atoms with E-state index in [1.807, 2.05) is 36.4 Å². The van der Waals surface area contributed by atoms with Gasteiger partial charge in [0.15, 0.2) is 0 Å². The third-order valence-electron chi connectivity index (χ3n) is 12.0. The van der Waals surface area contributed by atoms with Gasteiger partial charge in [0, 0.05) is 52.0 Å². The van der Waals surface area contributed by atoms with Gasteiger partial charge >= 0.3 is 5.97 Å². The number of aromatic nitrogens is 1. The van der Waals surface area contributed by atoms with Gasteiger partial charge in [-0.25, -0.2) is 4.79 Å². The van der Waals surface area contributed by atoms with Crippen molar-refractivity contribution in [1.82, 2.24) is 20.5 Å². The Morgan fingerprint density at radius 1 is 0.864 bits per heavy atom. The second-order valence-corrected chi connectivity index (χ2v) is 17.5. The number of phenolic OH excluding ortho intramolecular Hbond substituents is 1. The van der Waals surface area contributed by atoms with Crippen molar-refractivity contribution in [2.45, 2.75) is 44.2 Å². The summed E-state index contributed by atoms with van der Waals surface area (Å²) in [7, 11) is 1.53. The summed E-state index contributed by atoms with van der Waals surface area (Å²) in [6.07, 6.45) is 0.895. The van der Waals surface area contributed by atoms with Gasteiger partial charge in [0.1, 0.15) is 11.5 Å². The lowest BCUT2D eigenvalue weighted by atomic mass is 9.85. The van der Waals surface area contributed by atoms with E-state index in [4.69, 9.17) is 9.47 Å². The minimum atomic E-state index is -1.99. The first kappa shape index (κ1) is 47.7. The van der Waals surface area contributed by atoms with Crippen molar-refractivity contribution >= 4 is 47.6 Å². The largest absolute Gasteiger partial charge is 0.506 e. The van der Waals surface area contributed by atoms with E-state index in [0.717, 1.165) is 53.4 Å². The van der Waals surface area contributed by atoms with Crippen LogP contribution < -0.4 is 20.9 Å². The Morgan fingerprint density at radius 2 is 1.58 bits per heavy atom. The fourth-order valence-electron chi connectivity index (χ4n) is 8.34. The molecular formula is C52H54N4O8S2. The molecule has 1 aliphatic heterocycles. The molecule has 14 heteroatoms. The molecule has 2 aromatic heterocycles. The predicted octanol–water partition coefficient (Wildman–Crippen LogP) is 7.53. The molecule has 1 aliphatic rings. The first-order valence-corrected chi connectivity index (χ1v) is 22.5. The van der Waals surface area contributed by atoms with Gasteiger partial charge in [0.25, 0.3) is 5.91 Å². The molecule has 1 saturated heterocycles. The lowest BCUT2D eigenvalue weighted by Gasteiger charge is -2.33. The van der Waals surface area contributed by atoms with E-state index in [0.29, 0.717) is 46.5 Å². The minimum absolute atomic E-state index is 0. The maximum Gasteiger partial charge on any atom is 0.347 e. The number of hydrogen-bond donors (Lipinski definition) is 6. The molecule has 8 rings (SSSR count). The molecule has 0 bridgehead atoms. The number of aliphatic hydroxyl groups is 2. The number of pyridine rings is 1. The number of rotatable bonds is 17. The normalized spacial score (nSPS) is 14.5. The number of fused-ring (bicyclic) bond motifs is 1. The van der Waals surface area contributed by atoms with Gasteiger partial charge in [0.2, 0.25) is 11.2 Å². The summed E-state index contributed by atoms with van der Waals surface area (Å²) in [5, 5.41) is 40.1. The zero-order valence-electron chi connectivity index (χ0n) is 36.5. The molecule has 7 aromatic rings. The number of H-pyrrole nitrogens is 1. The van der Waals surface area contributed by atoms with Crippen molar-refractivity contribution in [1.29, 1.82) is 0 Å². The molecule has 342 valence electrons. The first-order valence-electron chi connectivity index (χ1n) is 21.7. The van der Waals surface area contributed by atoms with E-state index < -0.39 is 17.7 Å². The van der Waals surface area contributed by atoms with Crippen LogP contribution >= 0.6 is 24.8 Å². The standard InChI is InChI=1S/C52H52N4O8S.H2S/c1-63-46-28-37(12-13-38(46)29-53-31-45(58)42-19-21-44(57)49-43(42)20-23-48(59)55-49)50(60)54-30-41-18-22-47(65-41)36-14-16-40(17-15-36)52(62,39-10-6-3-7-11-39)51(61)64-33-35-24-26-56(27-25-35)32-34-8-4-2-5-9-34;/h2-23,28,35,45,53,57-58,62H,24-27,29-33H2,1H3,(H,54,60)(H,55,59);1H2/t45-,52-;/m0./s1. The molecule has 5 aromatic carbocycles. The van der Waals surface area contributed by atoms with Crippen LogP contribution in [-0.2, 0) is 34.8 Å². The maximum atomic E-state index is 13.9. The van der Waals surface area contributed by atoms with Gasteiger partial charge in [-0.3, -0.25) is 14.5 Å². The number of phenols is 1. The number of benzene rings is 5. The summed E-state index contributed by atoms with van der Waals surface area (Å²) in [6, 6.07) is 41.8. The number of carbonyl (C=O) groups excluding carboxylic acids is 2. The minimum Gasteiger partial charge on any atom is -0.506 e. The van der Waals surface area contributed by atoms with E-state index in [1.54, 1.807) is 66.7 Å². The summed E-state index contributed by atoms with van der Waals surface area (Å²) in [6.45, 7) is 3.82. The van der Waals surface area contributed by atoms with Crippen molar-refractivity contribution in [3.8, 4) is 21.9 Å². The van der Waals surface area contributed by atoms with Gasteiger partial charge in [-0.15, -0.1) is 11.3 Å². The SMILES string of the molecule is COc1cc(C(=O)NCc2ccc(-c3ccc([C@](O)(C(=O)OCC4CCN(Cc5ccccc5)CC4)c4ccccc4)cc3)s2)ccc1CNC[C@H](O)c1ccc(O)c2[nH]c(=O)ccc12.S. The molecular weight excluding hydrogens is 873 g/mol. The number of aromatic amines is 1. The van der Waals surface area contributed by atoms with Crippen molar-refractivity contribution in [3.05, 3.63) is 188 Å². The first-order chi connectivity index (χ1) is 31.6. The van der Waals surface area contributed by atoms with Crippen LogP contribution in [0, 0.1) is 5.92 Å². The number of piperidine rings is 1. The molecule has 0 saturated carbocycles. The lowest BCUT2D eigenvalue weighted by molar-refractivity contribution is -0.164. The van der Waals surface area contributed by atoms with Crippen LogP contribution in [0.4, 0.5) is 0 Å². The van der Waals surface area contributed by atoms with Crippen molar-refractivity contribution < 1.29 is 34.4 Å². The number of nitrogens with zero attached hydrogens (tertiary/aromatic N) is 1. The van der Waals surface area contributed by atoms with Crippen LogP contribution in [0.3, 0.4) is 0 Å². The number of esters is 1. The topological polar surface area (TPSA) is 173 Å². The molecule has 0 aliphatic carbocycles. The number of carbonyl (C=O) groups is 2. The molecule has 3 heterocycles. The molecule has 0 unspecified atom stereocenters. The van der Waals surface area contributed by atoms with Crippen molar-refractivity contribution in [2.24, 2.45) is 5.92 Å². The Hall–Kier alpha value is -6.26. The number of likely N-dealkylation sites (tertiary alicyclic amines) is 1. The number of amides is 1. The number of aliphatic hydroxyl groups excluding tert-OH is 1. The van der Waals surface area contributed by atoms with E-state index in [9.17, 15) is 29.7 Å². The quantitative estimate of drug-likeness (QED) is 0.0502. The Labute approximate surface area is 394 Å². The van der Waals surface area contributed by atoms with Gasteiger partial charge in [0.05, 0.1) is 31.9 Å². The highest BCUT2D eigenvalue weighted by atomic mass is 32.1. The molecule has 0 radical (unpaired) electrons. The average molecular weight is 927 g/mol. The zero-order chi connectivity index (χ0) is 45.3. The highest BCUT2D eigenvalue weighted by molar-refractivity contribution is 7.59. The number of methoxy groups -OCH3 is 1. The van der Waals surface area contributed by atoms with E-state index in [2.05, 4.69) is 44.8 Å². The summed E-state index contributed by atoms with van der Waals surface area (Å²) in [5.74, 6) is -0.315. The van der Waals surface area contributed by atoms with Crippen molar-refractivity contribution in [3.63, 3.8) is 0 Å². The smallest absolute Gasteiger partial charge is 0.347 e. The monoisotopic (exact) mass is 926 g/mol.